The van der Waals surface area contributed by atoms with Gasteiger partial charge in [-0.2, -0.15) is 4.31 Å². The Morgan fingerprint density at radius 1 is 1.19 bits per heavy atom. The fourth-order valence-electron chi connectivity index (χ4n) is 3.14. The second kappa shape index (κ2) is 7.90. The fourth-order valence-corrected chi connectivity index (χ4v) is 5.11. The van der Waals surface area contributed by atoms with Crippen molar-refractivity contribution >= 4 is 27.6 Å². The summed E-state index contributed by atoms with van der Waals surface area (Å²) in [6, 6.07) is 12.3. The molecule has 26 heavy (non-hydrogen) atoms. The van der Waals surface area contributed by atoms with Crippen LogP contribution in [0.15, 0.2) is 58.3 Å². The fraction of sp³-hybridized carbons (Fsp3) is 0.316. The predicted molar refractivity (Wildman–Crippen MR) is 100 cm³/mol. The third-order valence-electron chi connectivity index (χ3n) is 4.56. The molecule has 0 aliphatic carbocycles. The normalized spacial score (nSPS) is 18.6. The Morgan fingerprint density at radius 3 is 2.58 bits per heavy atom. The number of carbonyl (C=O) groups excluding carboxylic acids is 1. The van der Waals surface area contributed by atoms with Gasteiger partial charge in [-0.3, -0.25) is 4.79 Å². The van der Waals surface area contributed by atoms with Crippen molar-refractivity contribution in [3.05, 3.63) is 59.9 Å². The maximum Gasteiger partial charge on any atom is 0.243 e. The van der Waals surface area contributed by atoms with Gasteiger partial charge in [-0.05, 0) is 49.4 Å². The van der Waals surface area contributed by atoms with Crippen molar-refractivity contribution in [2.45, 2.75) is 22.6 Å². The molecular formula is C19H20FNO3S2. The van der Waals surface area contributed by atoms with E-state index in [1.54, 1.807) is 23.9 Å². The molecule has 2 aromatic carbocycles. The Hall–Kier alpha value is -1.70. The van der Waals surface area contributed by atoms with Gasteiger partial charge in [0.1, 0.15) is 5.82 Å². The molecule has 1 aliphatic heterocycles. The minimum Gasteiger partial charge on any atom is -0.294 e. The van der Waals surface area contributed by atoms with Gasteiger partial charge in [-0.15, -0.1) is 11.8 Å². The van der Waals surface area contributed by atoms with Gasteiger partial charge in [0.25, 0.3) is 0 Å². The van der Waals surface area contributed by atoms with Crippen LogP contribution in [0, 0.1) is 11.7 Å². The quantitative estimate of drug-likeness (QED) is 0.572. The molecule has 1 heterocycles. The third-order valence-corrected chi connectivity index (χ3v) is 7.17. The molecular weight excluding hydrogens is 373 g/mol. The maximum atomic E-state index is 13.4. The number of thioether (sulfide) groups is 1. The third kappa shape index (κ3) is 4.00. The van der Waals surface area contributed by atoms with Crippen LogP contribution in [0.1, 0.15) is 23.2 Å². The van der Waals surface area contributed by atoms with E-state index in [-0.39, 0.29) is 23.1 Å². The molecule has 1 fully saturated rings. The number of carbonyl (C=O) groups is 1. The molecule has 1 saturated heterocycles. The Morgan fingerprint density at radius 2 is 1.92 bits per heavy atom. The molecule has 0 aromatic heterocycles. The summed E-state index contributed by atoms with van der Waals surface area (Å²) in [6.07, 6.45) is 3.22. The second-order valence-corrected chi connectivity index (χ2v) is 9.07. The summed E-state index contributed by atoms with van der Waals surface area (Å²) in [4.78, 5) is 13.8. The first kappa shape index (κ1) is 19.1. The van der Waals surface area contributed by atoms with Gasteiger partial charge < -0.3 is 0 Å². The second-order valence-electron chi connectivity index (χ2n) is 6.25. The molecule has 4 nitrogen and oxygen atoms in total. The Labute approximate surface area is 157 Å². The van der Waals surface area contributed by atoms with E-state index in [1.807, 2.05) is 18.4 Å². The van der Waals surface area contributed by atoms with Crippen molar-refractivity contribution in [1.29, 1.82) is 0 Å². The van der Waals surface area contributed by atoms with Crippen LogP contribution in [-0.2, 0) is 10.0 Å². The SMILES string of the molecule is CSc1ccc(C(=O)[C@H]2CCCN(S(=O)(=O)c3cccc(F)c3)C2)cc1. The van der Waals surface area contributed by atoms with Crippen LogP contribution < -0.4 is 0 Å². The summed E-state index contributed by atoms with van der Waals surface area (Å²) in [5.74, 6) is -1.02. The van der Waals surface area contributed by atoms with Crippen molar-refractivity contribution in [2.75, 3.05) is 19.3 Å². The van der Waals surface area contributed by atoms with Crippen LogP contribution in [0.5, 0.6) is 0 Å². The Kier molecular flexibility index (Phi) is 5.79. The molecule has 0 saturated carbocycles. The first-order valence-electron chi connectivity index (χ1n) is 8.36. The first-order valence-corrected chi connectivity index (χ1v) is 11.0. The van der Waals surface area contributed by atoms with E-state index in [1.165, 1.54) is 22.5 Å². The number of hydrogen-bond acceptors (Lipinski definition) is 4. The summed E-state index contributed by atoms with van der Waals surface area (Å²) in [5, 5.41) is 0. The van der Waals surface area contributed by atoms with E-state index in [0.717, 1.165) is 11.0 Å². The van der Waals surface area contributed by atoms with Crippen LogP contribution in [-0.4, -0.2) is 37.9 Å². The van der Waals surface area contributed by atoms with Gasteiger partial charge >= 0.3 is 0 Å². The van der Waals surface area contributed by atoms with Gasteiger partial charge in [0.05, 0.1) is 4.90 Å². The molecule has 0 radical (unpaired) electrons. The smallest absolute Gasteiger partial charge is 0.243 e. The maximum absolute atomic E-state index is 13.4. The topological polar surface area (TPSA) is 54.5 Å². The average molecular weight is 394 g/mol. The minimum atomic E-state index is -3.81. The van der Waals surface area contributed by atoms with Crippen molar-refractivity contribution in [2.24, 2.45) is 5.92 Å². The summed E-state index contributed by atoms with van der Waals surface area (Å²) >= 11 is 1.60. The van der Waals surface area contributed by atoms with E-state index in [2.05, 4.69) is 0 Å². The van der Waals surface area contributed by atoms with Crippen LogP contribution in [0.2, 0.25) is 0 Å². The van der Waals surface area contributed by atoms with Crippen molar-refractivity contribution < 1.29 is 17.6 Å². The number of rotatable bonds is 5. The standard InChI is InChI=1S/C19H20FNO3S2/c1-25-17-9-7-14(8-10-17)19(22)15-4-3-11-21(13-15)26(23,24)18-6-2-5-16(20)12-18/h2,5-10,12,15H,3-4,11,13H2,1H3/t15-/m0/s1. The average Bonchev–Trinajstić information content (AvgIpc) is 2.67. The molecule has 3 rings (SSSR count). The lowest BCUT2D eigenvalue weighted by atomic mass is 9.91. The molecule has 138 valence electrons. The number of halogens is 1. The zero-order chi connectivity index (χ0) is 18.7. The number of Topliss-reactive ketones (excluding diaryl/α,β-unsaturated/α-hetero) is 1. The van der Waals surface area contributed by atoms with E-state index in [0.29, 0.717) is 24.9 Å². The van der Waals surface area contributed by atoms with E-state index < -0.39 is 15.8 Å². The highest BCUT2D eigenvalue weighted by Gasteiger charge is 2.33. The Balaban J connectivity index is 1.79. The van der Waals surface area contributed by atoms with Crippen LogP contribution in [0.25, 0.3) is 0 Å². The molecule has 0 N–H and O–H groups in total. The lowest BCUT2D eigenvalue weighted by molar-refractivity contribution is 0.0872. The summed E-state index contributed by atoms with van der Waals surface area (Å²) in [6.45, 7) is 0.468. The lowest BCUT2D eigenvalue weighted by Gasteiger charge is -2.31. The number of sulfonamides is 1. The van der Waals surface area contributed by atoms with E-state index in [4.69, 9.17) is 0 Å². The van der Waals surface area contributed by atoms with Gasteiger partial charge in [-0.1, -0.05) is 18.2 Å². The largest absolute Gasteiger partial charge is 0.294 e. The van der Waals surface area contributed by atoms with Gasteiger partial charge in [0.15, 0.2) is 5.78 Å². The molecule has 0 unspecified atom stereocenters. The highest BCUT2D eigenvalue weighted by molar-refractivity contribution is 7.98. The van der Waals surface area contributed by atoms with Crippen LogP contribution in [0.4, 0.5) is 4.39 Å². The van der Waals surface area contributed by atoms with Crippen LogP contribution in [0.3, 0.4) is 0 Å². The number of piperidine rings is 1. The van der Waals surface area contributed by atoms with Crippen molar-refractivity contribution in [1.82, 2.24) is 4.31 Å². The molecule has 2 aromatic rings. The Bertz CT molecular complexity index is 897. The number of hydrogen-bond donors (Lipinski definition) is 0. The highest BCUT2D eigenvalue weighted by Crippen LogP contribution is 2.27. The zero-order valence-corrected chi connectivity index (χ0v) is 16.0. The summed E-state index contributed by atoms with van der Waals surface area (Å²) < 4.78 is 40.3. The number of nitrogens with zero attached hydrogens (tertiary/aromatic N) is 1. The van der Waals surface area contributed by atoms with Crippen molar-refractivity contribution in [3.8, 4) is 0 Å². The zero-order valence-electron chi connectivity index (χ0n) is 14.4. The molecule has 7 heteroatoms. The van der Waals surface area contributed by atoms with Crippen LogP contribution >= 0.6 is 11.8 Å². The van der Waals surface area contributed by atoms with Gasteiger partial charge in [0.2, 0.25) is 10.0 Å². The minimum absolute atomic E-state index is 0.0446. The number of benzene rings is 2. The number of ketones is 1. The highest BCUT2D eigenvalue weighted by atomic mass is 32.2. The monoisotopic (exact) mass is 393 g/mol. The van der Waals surface area contributed by atoms with Crippen molar-refractivity contribution in [3.63, 3.8) is 0 Å². The van der Waals surface area contributed by atoms with E-state index in [9.17, 15) is 17.6 Å². The molecule has 0 bridgehead atoms. The predicted octanol–water partition coefficient (Wildman–Crippen LogP) is 3.83. The first-order chi connectivity index (χ1) is 12.4. The summed E-state index contributed by atoms with van der Waals surface area (Å²) in [7, 11) is -3.81. The summed E-state index contributed by atoms with van der Waals surface area (Å²) in [5.41, 5.74) is 0.595. The molecule has 1 atom stereocenters. The van der Waals surface area contributed by atoms with Gasteiger partial charge in [-0.25, -0.2) is 12.8 Å². The molecule has 0 spiro atoms. The van der Waals surface area contributed by atoms with E-state index >= 15 is 0 Å². The lowest BCUT2D eigenvalue weighted by Crippen LogP contribution is -2.42. The molecule has 1 aliphatic rings. The van der Waals surface area contributed by atoms with Gasteiger partial charge in [0, 0.05) is 29.5 Å². The molecule has 0 amide bonds.